The van der Waals surface area contributed by atoms with Gasteiger partial charge in [0.2, 0.25) is 0 Å². The second kappa shape index (κ2) is 6.38. The van der Waals surface area contributed by atoms with Gasteiger partial charge in [0.25, 0.3) is 0 Å². The second-order valence-corrected chi connectivity index (χ2v) is 4.72. The van der Waals surface area contributed by atoms with Crippen molar-refractivity contribution in [2.45, 2.75) is 26.4 Å². The predicted octanol–water partition coefficient (Wildman–Crippen LogP) is 2.55. The van der Waals surface area contributed by atoms with Crippen molar-refractivity contribution >= 4 is 0 Å². The normalized spacial score (nSPS) is 12.4. The summed E-state index contributed by atoms with van der Waals surface area (Å²) in [5.74, 6) is 0.947. The summed E-state index contributed by atoms with van der Waals surface area (Å²) in [5, 5.41) is 3.50. The molecule has 0 radical (unpaired) electrons. The van der Waals surface area contributed by atoms with Crippen molar-refractivity contribution in [3.05, 3.63) is 48.0 Å². The summed E-state index contributed by atoms with van der Waals surface area (Å²) >= 11 is 0. The lowest BCUT2D eigenvalue weighted by Crippen LogP contribution is -2.23. The summed E-state index contributed by atoms with van der Waals surface area (Å²) in [6, 6.07) is 6.58. The number of aryl methyl sites for hydroxylation is 1. The van der Waals surface area contributed by atoms with Crippen molar-refractivity contribution in [3.63, 3.8) is 0 Å². The molecule has 0 aliphatic carbocycles. The summed E-state index contributed by atoms with van der Waals surface area (Å²) in [4.78, 5) is 4.03. The van der Waals surface area contributed by atoms with Crippen molar-refractivity contribution in [2.75, 3.05) is 13.7 Å². The van der Waals surface area contributed by atoms with Gasteiger partial charge in [-0.25, -0.2) is 4.98 Å². The maximum absolute atomic E-state index is 5.44. The zero-order valence-corrected chi connectivity index (χ0v) is 11.8. The minimum atomic E-state index is 0.263. The molecule has 0 bridgehead atoms. The minimum absolute atomic E-state index is 0.263. The van der Waals surface area contributed by atoms with E-state index in [1.54, 1.807) is 13.3 Å². The Bertz CT molecular complexity index is 508. The molecule has 1 N–H and O–H groups in total. The molecule has 0 saturated heterocycles. The molecular weight excluding hydrogens is 238 g/mol. The van der Waals surface area contributed by atoms with Gasteiger partial charge in [0.15, 0.2) is 0 Å². The number of benzene rings is 1. The van der Waals surface area contributed by atoms with Crippen LogP contribution in [0.15, 0.2) is 36.9 Å². The molecule has 4 nitrogen and oxygen atoms in total. The fourth-order valence-corrected chi connectivity index (χ4v) is 2.12. The Morgan fingerprint density at radius 3 is 2.95 bits per heavy atom. The lowest BCUT2D eigenvalue weighted by atomic mass is 10.0. The third kappa shape index (κ3) is 3.58. The highest BCUT2D eigenvalue weighted by Crippen LogP contribution is 2.25. The maximum atomic E-state index is 5.44. The molecule has 1 aromatic heterocycles. The molecule has 4 heteroatoms. The van der Waals surface area contributed by atoms with Crippen molar-refractivity contribution in [1.29, 1.82) is 0 Å². The van der Waals surface area contributed by atoms with Crippen LogP contribution in [0, 0.1) is 6.92 Å². The summed E-state index contributed by atoms with van der Waals surface area (Å²) in [6.45, 7) is 6.04. The summed E-state index contributed by atoms with van der Waals surface area (Å²) in [6.07, 6.45) is 5.60. The van der Waals surface area contributed by atoms with E-state index < -0.39 is 0 Å². The van der Waals surface area contributed by atoms with E-state index in [-0.39, 0.29) is 6.04 Å². The van der Waals surface area contributed by atoms with Crippen LogP contribution in [0.3, 0.4) is 0 Å². The van der Waals surface area contributed by atoms with E-state index in [4.69, 9.17) is 4.74 Å². The van der Waals surface area contributed by atoms with E-state index in [9.17, 15) is 0 Å². The van der Waals surface area contributed by atoms with Gasteiger partial charge in [0.1, 0.15) is 5.75 Å². The van der Waals surface area contributed by atoms with Crippen LogP contribution in [0.4, 0.5) is 0 Å². The maximum Gasteiger partial charge on any atom is 0.123 e. The third-order valence-corrected chi connectivity index (χ3v) is 3.24. The number of imidazole rings is 1. The highest BCUT2D eigenvalue weighted by atomic mass is 16.5. The molecular formula is C15H21N3O. The molecule has 0 amide bonds. The van der Waals surface area contributed by atoms with Crippen LogP contribution >= 0.6 is 0 Å². The van der Waals surface area contributed by atoms with Crippen molar-refractivity contribution in [2.24, 2.45) is 0 Å². The number of nitrogens with zero attached hydrogens (tertiary/aromatic N) is 2. The third-order valence-electron chi connectivity index (χ3n) is 3.24. The first-order chi connectivity index (χ1) is 9.20. The molecule has 0 aliphatic rings. The molecule has 1 aromatic carbocycles. The van der Waals surface area contributed by atoms with E-state index in [2.05, 4.69) is 46.9 Å². The van der Waals surface area contributed by atoms with Crippen LogP contribution in [0.1, 0.15) is 24.1 Å². The summed E-state index contributed by atoms with van der Waals surface area (Å²) in [5.41, 5.74) is 2.41. The molecule has 0 fully saturated rings. The van der Waals surface area contributed by atoms with E-state index >= 15 is 0 Å². The van der Waals surface area contributed by atoms with Crippen molar-refractivity contribution in [3.8, 4) is 5.75 Å². The number of nitrogens with one attached hydrogen (secondary N) is 1. The number of rotatable bonds is 6. The lowest BCUT2D eigenvalue weighted by molar-refractivity contribution is 0.400. The summed E-state index contributed by atoms with van der Waals surface area (Å²) in [7, 11) is 1.72. The standard InChI is InChI=1S/C15H21N3O/c1-12-4-5-14(15(10-12)19-3)13(2)17-7-9-18-8-6-16-11-18/h4-6,8,10-11,13,17H,7,9H2,1-3H3. The Morgan fingerprint density at radius 1 is 1.42 bits per heavy atom. The molecule has 1 heterocycles. The van der Waals surface area contributed by atoms with E-state index in [1.165, 1.54) is 11.1 Å². The van der Waals surface area contributed by atoms with Gasteiger partial charge in [0.05, 0.1) is 13.4 Å². The number of hydrogen-bond acceptors (Lipinski definition) is 3. The van der Waals surface area contributed by atoms with Gasteiger partial charge in [-0.1, -0.05) is 12.1 Å². The van der Waals surface area contributed by atoms with Crippen LogP contribution in [-0.2, 0) is 6.54 Å². The molecule has 102 valence electrons. The van der Waals surface area contributed by atoms with E-state index in [1.807, 2.05) is 12.5 Å². The summed E-state index contributed by atoms with van der Waals surface area (Å²) < 4.78 is 7.51. The molecule has 19 heavy (non-hydrogen) atoms. The zero-order valence-electron chi connectivity index (χ0n) is 11.8. The predicted molar refractivity (Wildman–Crippen MR) is 76.4 cm³/mol. The fraction of sp³-hybridized carbons (Fsp3) is 0.400. The Hall–Kier alpha value is -1.81. The van der Waals surface area contributed by atoms with Gasteiger partial charge >= 0.3 is 0 Å². The highest BCUT2D eigenvalue weighted by molar-refractivity contribution is 5.38. The number of ether oxygens (including phenoxy) is 1. The second-order valence-electron chi connectivity index (χ2n) is 4.72. The first-order valence-corrected chi connectivity index (χ1v) is 6.54. The van der Waals surface area contributed by atoms with Crippen LogP contribution in [0.5, 0.6) is 5.75 Å². The van der Waals surface area contributed by atoms with Gasteiger partial charge in [-0.15, -0.1) is 0 Å². The Labute approximate surface area is 114 Å². The highest BCUT2D eigenvalue weighted by Gasteiger charge is 2.10. The number of hydrogen-bond donors (Lipinski definition) is 1. The minimum Gasteiger partial charge on any atom is -0.496 e. The SMILES string of the molecule is COc1cc(C)ccc1C(C)NCCn1ccnc1. The van der Waals surface area contributed by atoms with Gasteiger partial charge in [0, 0.05) is 37.1 Å². The lowest BCUT2D eigenvalue weighted by Gasteiger charge is -2.18. The van der Waals surface area contributed by atoms with Crippen LogP contribution in [0.2, 0.25) is 0 Å². The average Bonchev–Trinajstić information content (AvgIpc) is 2.91. The van der Waals surface area contributed by atoms with Gasteiger partial charge in [-0.2, -0.15) is 0 Å². The largest absolute Gasteiger partial charge is 0.496 e. The Kier molecular flexibility index (Phi) is 4.58. The fourth-order valence-electron chi connectivity index (χ4n) is 2.12. The number of methoxy groups -OCH3 is 1. The zero-order chi connectivity index (χ0) is 13.7. The Balaban J connectivity index is 1.94. The number of aromatic nitrogens is 2. The van der Waals surface area contributed by atoms with E-state index in [0.29, 0.717) is 0 Å². The van der Waals surface area contributed by atoms with Crippen LogP contribution in [0.25, 0.3) is 0 Å². The molecule has 1 unspecified atom stereocenters. The van der Waals surface area contributed by atoms with Gasteiger partial charge in [-0.3, -0.25) is 0 Å². The monoisotopic (exact) mass is 259 g/mol. The van der Waals surface area contributed by atoms with Crippen molar-refractivity contribution < 1.29 is 4.74 Å². The molecule has 1 atom stereocenters. The van der Waals surface area contributed by atoms with Crippen LogP contribution < -0.4 is 10.1 Å². The first kappa shape index (κ1) is 13.6. The first-order valence-electron chi connectivity index (χ1n) is 6.54. The topological polar surface area (TPSA) is 39.1 Å². The molecule has 0 saturated carbocycles. The molecule has 0 spiro atoms. The molecule has 0 aliphatic heterocycles. The molecule has 2 rings (SSSR count). The van der Waals surface area contributed by atoms with Gasteiger partial charge < -0.3 is 14.6 Å². The van der Waals surface area contributed by atoms with Gasteiger partial charge in [-0.05, 0) is 25.5 Å². The average molecular weight is 259 g/mol. The molecule has 2 aromatic rings. The Morgan fingerprint density at radius 2 is 2.26 bits per heavy atom. The van der Waals surface area contributed by atoms with E-state index in [0.717, 1.165) is 18.8 Å². The van der Waals surface area contributed by atoms with Crippen molar-refractivity contribution in [1.82, 2.24) is 14.9 Å². The van der Waals surface area contributed by atoms with Crippen LogP contribution in [-0.4, -0.2) is 23.2 Å². The quantitative estimate of drug-likeness (QED) is 0.866. The smallest absolute Gasteiger partial charge is 0.123 e.